The molecule has 4 rings (SSSR count). The number of anilines is 1. The van der Waals surface area contributed by atoms with Gasteiger partial charge in [-0.2, -0.15) is 0 Å². The summed E-state index contributed by atoms with van der Waals surface area (Å²) in [4.78, 5) is 20.8. The van der Waals surface area contributed by atoms with Crippen LogP contribution in [0.1, 0.15) is 40.5 Å². The summed E-state index contributed by atoms with van der Waals surface area (Å²) >= 11 is 1.39. The van der Waals surface area contributed by atoms with Crippen LogP contribution in [0.2, 0.25) is 0 Å². The number of carbonyl (C=O) groups is 1. The number of benzene rings is 2. The van der Waals surface area contributed by atoms with Gasteiger partial charge in [-0.3, -0.25) is 9.79 Å². The number of nitrogens with zero attached hydrogens (tertiary/aromatic N) is 2. The fraction of sp³-hybridized carbons (Fsp3) is 0.190. The first kappa shape index (κ1) is 18.2. The number of carbonyl (C=O) groups excluding carboxylic acids is 1. The molecule has 1 atom stereocenters. The molecule has 3 N–H and O–H groups in total. The Morgan fingerprint density at radius 3 is 2.64 bits per heavy atom. The van der Waals surface area contributed by atoms with E-state index < -0.39 is 0 Å². The topological polar surface area (TPSA) is 86.6 Å². The van der Waals surface area contributed by atoms with E-state index in [0.717, 1.165) is 36.3 Å². The highest BCUT2D eigenvalue weighted by Gasteiger charge is 2.17. The lowest BCUT2D eigenvalue weighted by Crippen LogP contribution is -2.28. The number of aromatic nitrogens is 1. The van der Waals surface area contributed by atoms with Crippen molar-refractivity contribution in [3.8, 4) is 5.75 Å². The number of thiazole rings is 1. The first-order chi connectivity index (χ1) is 13.7. The van der Waals surface area contributed by atoms with Crippen molar-refractivity contribution < 1.29 is 9.90 Å². The van der Waals surface area contributed by atoms with Gasteiger partial charge in [0.15, 0.2) is 0 Å². The number of aliphatic imine (C=N–C) groups is 1. The molecule has 0 saturated carbocycles. The molecule has 1 amide bonds. The van der Waals surface area contributed by atoms with Gasteiger partial charge in [0.1, 0.15) is 17.3 Å². The van der Waals surface area contributed by atoms with E-state index in [1.165, 1.54) is 11.3 Å². The number of aromatic hydroxyl groups is 1. The highest BCUT2D eigenvalue weighted by atomic mass is 32.1. The molecule has 0 saturated heterocycles. The van der Waals surface area contributed by atoms with Crippen LogP contribution in [0.4, 0.5) is 5.69 Å². The van der Waals surface area contributed by atoms with Crippen LogP contribution in [-0.4, -0.2) is 28.4 Å². The van der Waals surface area contributed by atoms with Crippen molar-refractivity contribution in [1.82, 2.24) is 10.3 Å². The van der Waals surface area contributed by atoms with Crippen molar-refractivity contribution in [3.05, 3.63) is 76.2 Å². The Morgan fingerprint density at radius 1 is 1.14 bits per heavy atom. The first-order valence-electron chi connectivity index (χ1n) is 9.09. The standard InChI is InChI=1S/C21H20N4O2S/c26-17-9-5-14(6-10-17)18-2-1-11-22-20(25-18)15-3-7-16(8-4-15)24-21(27)19-12-28-13-23-19/h3-10,12-13,18,26H,1-2,11H2,(H,22,25)(H,24,27). The predicted octanol–water partition coefficient (Wildman–Crippen LogP) is 3.97. The van der Waals surface area contributed by atoms with Gasteiger partial charge in [0, 0.05) is 23.2 Å². The van der Waals surface area contributed by atoms with Crippen molar-refractivity contribution in [2.24, 2.45) is 4.99 Å². The average Bonchev–Trinajstić information content (AvgIpc) is 3.15. The quantitative estimate of drug-likeness (QED) is 0.627. The lowest BCUT2D eigenvalue weighted by atomic mass is 10.0. The molecule has 0 spiro atoms. The molecule has 1 aliphatic rings. The second-order valence-corrected chi connectivity index (χ2v) is 7.28. The van der Waals surface area contributed by atoms with Gasteiger partial charge in [-0.05, 0) is 54.8 Å². The van der Waals surface area contributed by atoms with Gasteiger partial charge < -0.3 is 15.7 Å². The molecular formula is C21H20N4O2S. The lowest BCUT2D eigenvalue weighted by Gasteiger charge is -2.19. The molecule has 28 heavy (non-hydrogen) atoms. The summed E-state index contributed by atoms with van der Waals surface area (Å²) in [7, 11) is 0. The highest BCUT2D eigenvalue weighted by molar-refractivity contribution is 7.07. The molecule has 7 heteroatoms. The Balaban J connectivity index is 1.47. The largest absolute Gasteiger partial charge is 0.508 e. The first-order valence-corrected chi connectivity index (χ1v) is 10.0. The maximum absolute atomic E-state index is 12.1. The van der Waals surface area contributed by atoms with E-state index in [9.17, 15) is 9.90 Å². The minimum absolute atomic E-state index is 0.144. The van der Waals surface area contributed by atoms with Crippen LogP contribution in [0.15, 0.2) is 64.4 Å². The second-order valence-electron chi connectivity index (χ2n) is 6.57. The van der Waals surface area contributed by atoms with E-state index in [1.54, 1.807) is 23.0 Å². The van der Waals surface area contributed by atoms with Crippen molar-refractivity contribution in [3.63, 3.8) is 0 Å². The maximum atomic E-state index is 12.1. The van der Waals surface area contributed by atoms with Crippen molar-refractivity contribution in [1.29, 1.82) is 0 Å². The van der Waals surface area contributed by atoms with Gasteiger partial charge in [0.2, 0.25) is 0 Å². The zero-order chi connectivity index (χ0) is 19.3. The lowest BCUT2D eigenvalue weighted by molar-refractivity contribution is 0.102. The Hall–Kier alpha value is -3.19. The molecule has 1 aliphatic heterocycles. The minimum atomic E-state index is -0.216. The van der Waals surface area contributed by atoms with E-state index in [0.29, 0.717) is 11.4 Å². The molecule has 6 nitrogen and oxygen atoms in total. The van der Waals surface area contributed by atoms with E-state index in [2.05, 4.69) is 20.6 Å². The Bertz CT molecular complexity index is 967. The van der Waals surface area contributed by atoms with Crippen molar-refractivity contribution >= 4 is 28.8 Å². The highest BCUT2D eigenvalue weighted by Crippen LogP contribution is 2.24. The van der Waals surface area contributed by atoms with Crippen LogP contribution in [-0.2, 0) is 0 Å². The smallest absolute Gasteiger partial charge is 0.275 e. The van der Waals surface area contributed by atoms with E-state index in [4.69, 9.17) is 0 Å². The SMILES string of the molecule is O=C(Nc1ccc(C2=NCCCC(c3ccc(O)cc3)N2)cc1)c1cscn1. The maximum Gasteiger partial charge on any atom is 0.275 e. The van der Waals surface area contributed by atoms with Crippen molar-refractivity contribution in [2.75, 3.05) is 11.9 Å². The Labute approximate surface area is 167 Å². The van der Waals surface area contributed by atoms with E-state index >= 15 is 0 Å². The third-order valence-corrected chi connectivity index (χ3v) is 5.19. The van der Waals surface area contributed by atoms with Gasteiger partial charge >= 0.3 is 0 Å². The van der Waals surface area contributed by atoms with Gasteiger partial charge in [0.25, 0.3) is 5.91 Å². The number of phenolic OH excluding ortho intramolecular Hbond substituents is 1. The fourth-order valence-electron chi connectivity index (χ4n) is 3.13. The summed E-state index contributed by atoms with van der Waals surface area (Å²) in [5.74, 6) is 0.890. The van der Waals surface area contributed by atoms with Crippen LogP contribution in [0.5, 0.6) is 5.75 Å². The van der Waals surface area contributed by atoms with Crippen LogP contribution >= 0.6 is 11.3 Å². The molecule has 1 unspecified atom stereocenters. The number of nitrogens with one attached hydrogen (secondary N) is 2. The molecular weight excluding hydrogens is 372 g/mol. The van der Waals surface area contributed by atoms with Crippen LogP contribution < -0.4 is 10.6 Å². The predicted molar refractivity (Wildman–Crippen MR) is 111 cm³/mol. The third-order valence-electron chi connectivity index (χ3n) is 4.61. The van der Waals surface area contributed by atoms with Gasteiger partial charge in [0.05, 0.1) is 11.6 Å². The normalized spacial score (nSPS) is 16.6. The summed E-state index contributed by atoms with van der Waals surface area (Å²) in [5.41, 5.74) is 4.86. The number of amides is 1. The summed E-state index contributed by atoms with van der Waals surface area (Å²) < 4.78 is 0. The zero-order valence-electron chi connectivity index (χ0n) is 15.1. The van der Waals surface area contributed by atoms with Crippen molar-refractivity contribution in [2.45, 2.75) is 18.9 Å². The summed E-state index contributed by atoms with van der Waals surface area (Å²) in [6, 6.07) is 15.1. The second kappa shape index (κ2) is 8.22. The monoisotopic (exact) mass is 392 g/mol. The molecule has 0 radical (unpaired) electrons. The molecule has 0 bridgehead atoms. The van der Waals surface area contributed by atoms with Crippen LogP contribution in [0, 0.1) is 0 Å². The third kappa shape index (κ3) is 4.20. The van der Waals surface area contributed by atoms with Gasteiger partial charge in [-0.1, -0.05) is 12.1 Å². The average molecular weight is 392 g/mol. The molecule has 2 aromatic carbocycles. The van der Waals surface area contributed by atoms with Crippen LogP contribution in [0.3, 0.4) is 0 Å². The molecule has 1 aromatic heterocycles. The summed E-state index contributed by atoms with van der Waals surface area (Å²) in [6.45, 7) is 0.763. The van der Waals surface area contributed by atoms with Crippen LogP contribution in [0.25, 0.3) is 0 Å². The van der Waals surface area contributed by atoms with E-state index in [-0.39, 0.29) is 17.7 Å². The molecule has 2 heterocycles. The minimum Gasteiger partial charge on any atom is -0.508 e. The molecule has 0 aliphatic carbocycles. The molecule has 3 aromatic rings. The Kier molecular flexibility index (Phi) is 5.34. The van der Waals surface area contributed by atoms with Gasteiger partial charge in [-0.15, -0.1) is 11.3 Å². The van der Waals surface area contributed by atoms with E-state index in [1.807, 2.05) is 36.4 Å². The summed E-state index contributed by atoms with van der Waals surface area (Å²) in [5, 5.41) is 17.6. The summed E-state index contributed by atoms with van der Waals surface area (Å²) in [6.07, 6.45) is 1.96. The number of hydrogen-bond acceptors (Lipinski definition) is 6. The zero-order valence-corrected chi connectivity index (χ0v) is 15.9. The number of rotatable bonds is 4. The number of hydrogen-bond donors (Lipinski definition) is 3. The number of phenols is 1. The number of amidine groups is 1. The molecule has 142 valence electrons. The fourth-order valence-corrected chi connectivity index (χ4v) is 3.66. The van der Waals surface area contributed by atoms with Gasteiger partial charge in [-0.25, -0.2) is 4.98 Å². The molecule has 0 fully saturated rings. The Morgan fingerprint density at radius 2 is 1.93 bits per heavy atom.